The molecule has 1 unspecified atom stereocenters. The SMILES string of the molecule is COc1ccc(C2C3=C(CCCC3=O)N=c3sc(=Cc4cccc(F)c4)c(=O)n32)cc1. The van der Waals surface area contributed by atoms with Gasteiger partial charge < -0.3 is 4.74 Å². The Labute approximate surface area is 181 Å². The summed E-state index contributed by atoms with van der Waals surface area (Å²) in [5.74, 6) is 0.371. The molecule has 5 rings (SSSR count). The number of nitrogens with zero attached hydrogens (tertiary/aromatic N) is 2. The molecule has 0 spiro atoms. The van der Waals surface area contributed by atoms with E-state index in [9.17, 15) is 14.0 Å². The zero-order chi connectivity index (χ0) is 21.5. The predicted molar refractivity (Wildman–Crippen MR) is 116 cm³/mol. The molecule has 0 bridgehead atoms. The quantitative estimate of drug-likeness (QED) is 0.637. The average molecular weight is 434 g/mol. The van der Waals surface area contributed by atoms with Crippen LogP contribution in [0.2, 0.25) is 0 Å². The van der Waals surface area contributed by atoms with Crippen molar-refractivity contribution in [1.29, 1.82) is 0 Å². The average Bonchev–Trinajstić information content (AvgIpc) is 3.07. The van der Waals surface area contributed by atoms with Gasteiger partial charge in [-0.1, -0.05) is 35.6 Å². The smallest absolute Gasteiger partial charge is 0.271 e. The first kappa shape index (κ1) is 19.6. The van der Waals surface area contributed by atoms with E-state index in [4.69, 9.17) is 4.74 Å². The second-order valence-electron chi connectivity index (χ2n) is 7.55. The number of hydrogen-bond acceptors (Lipinski definition) is 5. The lowest BCUT2D eigenvalue weighted by atomic mass is 9.86. The number of rotatable bonds is 3. The van der Waals surface area contributed by atoms with Gasteiger partial charge in [0.2, 0.25) is 0 Å². The maximum atomic E-state index is 13.6. The number of allylic oxidation sites excluding steroid dienone is 2. The molecule has 156 valence electrons. The fourth-order valence-corrected chi connectivity index (χ4v) is 5.18. The van der Waals surface area contributed by atoms with Gasteiger partial charge in [-0.2, -0.15) is 0 Å². The lowest BCUT2D eigenvalue weighted by Gasteiger charge is -2.28. The normalized spacial score (nSPS) is 18.5. The van der Waals surface area contributed by atoms with Gasteiger partial charge in [-0.05, 0) is 54.3 Å². The van der Waals surface area contributed by atoms with E-state index < -0.39 is 6.04 Å². The fraction of sp³-hybridized carbons (Fsp3) is 0.208. The van der Waals surface area contributed by atoms with E-state index in [-0.39, 0.29) is 17.2 Å². The van der Waals surface area contributed by atoms with Gasteiger partial charge in [-0.3, -0.25) is 14.2 Å². The summed E-state index contributed by atoms with van der Waals surface area (Å²) in [4.78, 5) is 31.6. The Hall–Kier alpha value is -3.32. The standard InChI is InChI=1S/C24H19FN2O3S/c1-30-17-10-8-15(9-11-17)22-21-18(6-3-7-19(21)28)26-24-27(22)23(29)20(31-24)13-14-4-2-5-16(25)12-14/h2,4-5,8-13,22H,3,6-7H2,1H3. The lowest BCUT2D eigenvalue weighted by Crippen LogP contribution is -2.40. The Kier molecular flexibility index (Phi) is 4.90. The van der Waals surface area contributed by atoms with Crippen LogP contribution in [0.3, 0.4) is 0 Å². The first-order valence-corrected chi connectivity index (χ1v) is 10.8. The maximum Gasteiger partial charge on any atom is 0.271 e. The highest BCUT2D eigenvalue weighted by molar-refractivity contribution is 7.07. The van der Waals surface area contributed by atoms with E-state index in [0.29, 0.717) is 39.1 Å². The van der Waals surface area contributed by atoms with Gasteiger partial charge in [0.15, 0.2) is 10.6 Å². The van der Waals surface area contributed by atoms with Crippen molar-refractivity contribution in [3.8, 4) is 5.75 Å². The van der Waals surface area contributed by atoms with Gasteiger partial charge in [0.25, 0.3) is 5.56 Å². The summed E-state index contributed by atoms with van der Waals surface area (Å²) in [5.41, 5.74) is 2.55. The van der Waals surface area contributed by atoms with Crippen LogP contribution in [0.15, 0.2) is 69.6 Å². The number of aromatic nitrogens is 1. The number of ether oxygens (including phenoxy) is 1. The molecule has 3 aromatic rings. The molecule has 7 heteroatoms. The Morgan fingerprint density at radius 2 is 1.97 bits per heavy atom. The molecule has 2 aliphatic rings. The topological polar surface area (TPSA) is 60.7 Å². The molecule has 0 amide bonds. The number of carbonyl (C=O) groups is 1. The monoisotopic (exact) mass is 434 g/mol. The third kappa shape index (κ3) is 3.45. The van der Waals surface area contributed by atoms with Crippen molar-refractivity contribution >= 4 is 23.2 Å². The number of thiazole rings is 1. The van der Waals surface area contributed by atoms with Crippen LogP contribution in [0.4, 0.5) is 4.39 Å². The Morgan fingerprint density at radius 1 is 1.16 bits per heavy atom. The van der Waals surface area contributed by atoms with Gasteiger partial charge in [0.1, 0.15) is 11.6 Å². The second-order valence-corrected chi connectivity index (χ2v) is 8.56. The third-order valence-electron chi connectivity index (χ3n) is 5.61. The zero-order valence-electron chi connectivity index (χ0n) is 16.8. The van der Waals surface area contributed by atoms with Crippen molar-refractivity contribution in [2.24, 2.45) is 4.99 Å². The van der Waals surface area contributed by atoms with Crippen LogP contribution in [0, 0.1) is 5.82 Å². The molecule has 0 N–H and O–H groups in total. The van der Waals surface area contributed by atoms with E-state index in [2.05, 4.69) is 4.99 Å². The van der Waals surface area contributed by atoms with Crippen LogP contribution in [0.5, 0.6) is 5.75 Å². The molecular weight excluding hydrogens is 415 g/mol. The van der Waals surface area contributed by atoms with Gasteiger partial charge in [0.05, 0.1) is 23.4 Å². The van der Waals surface area contributed by atoms with Crippen molar-refractivity contribution in [1.82, 2.24) is 4.57 Å². The molecule has 0 fully saturated rings. The maximum absolute atomic E-state index is 13.6. The molecule has 2 heterocycles. The molecule has 0 saturated heterocycles. The van der Waals surface area contributed by atoms with Crippen molar-refractivity contribution in [3.05, 3.63) is 96.4 Å². The summed E-state index contributed by atoms with van der Waals surface area (Å²) in [5, 5.41) is 0. The van der Waals surface area contributed by atoms with E-state index >= 15 is 0 Å². The van der Waals surface area contributed by atoms with E-state index in [1.165, 1.54) is 23.5 Å². The highest BCUT2D eigenvalue weighted by Gasteiger charge is 2.34. The number of hydrogen-bond donors (Lipinski definition) is 0. The largest absolute Gasteiger partial charge is 0.497 e. The number of ketones is 1. The number of fused-ring (bicyclic) bond motifs is 1. The molecule has 5 nitrogen and oxygen atoms in total. The molecule has 1 atom stereocenters. The first-order chi connectivity index (χ1) is 15.0. The molecule has 31 heavy (non-hydrogen) atoms. The molecule has 2 aromatic carbocycles. The number of halogens is 1. The number of carbonyl (C=O) groups excluding carboxylic acids is 1. The molecule has 1 aliphatic carbocycles. The second kappa shape index (κ2) is 7.74. The van der Waals surface area contributed by atoms with Gasteiger partial charge in [0, 0.05) is 12.0 Å². The number of benzene rings is 2. The Morgan fingerprint density at radius 3 is 2.71 bits per heavy atom. The third-order valence-corrected chi connectivity index (χ3v) is 6.59. The summed E-state index contributed by atoms with van der Waals surface area (Å²) in [6.07, 6.45) is 3.59. The van der Waals surface area contributed by atoms with E-state index in [1.54, 1.807) is 29.9 Å². The van der Waals surface area contributed by atoms with E-state index in [1.807, 2.05) is 24.3 Å². The van der Waals surface area contributed by atoms with Crippen LogP contribution >= 0.6 is 11.3 Å². The molecule has 1 aromatic heterocycles. The minimum atomic E-state index is -0.528. The molecule has 0 radical (unpaired) electrons. The van der Waals surface area contributed by atoms with Crippen molar-refractivity contribution in [2.75, 3.05) is 7.11 Å². The summed E-state index contributed by atoms with van der Waals surface area (Å²) >= 11 is 1.26. The van der Waals surface area contributed by atoms with Crippen LogP contribution in [0.25, 0.3) is 6.08 Å². The van der Waals surface area contributed by atoms with Crippen molar-refractivity contribution in [3.63, 3.8) is 0 Å². The molecule has 1 aliphatic heterocycles. The van der Waals surface area contributed by atoms with Gasteiger partial charge in [-0.15, -0.1) is 0 Å². The van der Waals surface area contributed by atoms with Crippen molar-refractivity contribution < 1.29 is 13.9 Å². The van der Waals surface area contributed by atoms with Gasteiger partial charge >= 0.3 is 0 Å². The van der Waals surface area contributed by atoms with Crippen LogP contribution in [-0.2, 0) is 4.79 Å². The Balaban J connectivity index is 1.74. The summed E-state index contributed by atoms with van der Waals surface area (Å²) in [6.45, 7) is 0. The highest BCUT2D eigenvalue weighted by atomic mass is 32.1. The minimum absolute atomic E-state index is 0.0326. The predicted octanol–water partition coefficient (Wildman–Crippen LogP) is 3.12. The highest BCUT2D eigenvalue weighted by Crippen LogP contribution is 2.36. The molecule has 0 saturated carbocycles. The summed E-state index contributed by atoms with van der Waals surface area (Å²) < 4.78 is 20.9. The number of Topliss-reactive ketones (excluding diaryl/α,β-unsaturated/α-hetero) is 1. The fourth-order valence-electron chi connectivity index (χ4n) is 4.16. The van der Waals surface area contributed by atoms with Crippen LogP contribution < -0.4 is 19.6 Å². The number of methoxy groups -OCH3 is 1. The lowest BCUT2D eigenvalue weighted by molar-refractivity contribution is -0.116. The Bertz CT molecular complexity index is 1400. The summed E-state index contributed by atoms with van der Waals surface area (Å²) in [6, 6.07) is 13.0. The summed E-state index contributed by atoms with van der Waals surface area (Å²) in [7, 11) is 1.59. The van der Waals surface area contributed by atoms with Crippen LogP contribution in [0.1, 0.15) is 36.4 Å². The zero-order valence-corrected chi connectivity index (χ0v) is 17.6. The van der Waals surface area contributed by atoms with Crippen LogP contribution in [-0.4, -0.2) is 17.5 Å². The van der Waals surface area contributed by atoms with Gasteiger partial charge in [-0.25, -0.2) is 9.38 Å². The van der Waals surface area contributed by atoms with E-state index in [0.717, 1.165) is 17.7 Å². The first-order valence-electron chi connectivity index (χ1n) is 10.0. The molecular formula is C24H19FN2O3S. The minimum Gasteiger partial charge on any atom is -0.497 e. The van der Waals surface area contributed by atoms with Crippen molar-refractivity contribution in [2.45, 2.75) is 25.3 Å².